The summed E-state index contributed by atoms with van der Waals surface area (Å²) in [6.45, 7) is 1.97. The molecule has 2 nitrogen and oxygen atoms in total. The highest BCUT2D eigenvalue weighted by atomic mass is 16.5. The predicted octanol–water partition coefficient (Wildman–Crippen LogP) is 1.19. The van der Waals surface area contributed by atoms with E-state index in [1.165, 1.54) is 0 Å². The van der Waals surface area contributed by atoms with Gasteiger partial charge in [0.25, 0.3) is 0 Å². The van der Waals surface area contributed by atoms with Gasteiger partial charge in [-0.25, -0.2) is 0 Å². The number of hydrogen-bond acceptors (Lipinski definition) is 2. The van der Waals surface area contributed by atoms with Crippen molar-refractivity contribution in [3.63, 3.8) is 0 Å². The monoisotopic (exact) mass is 156 g/mol. The van der Waals surface area contributed by atoms with Gasteiger partial charge in [-0.1, -0.05) is 0 Å². The molecular weight excluding hydrogens is 140 g/mol. The minimum absolute atomic E-state index is 0.211. The van der Waals surface area contributed by atoms with Crippen LogP contribution in [-0.4, -0.2) is 24.4 Å². The minimum Gasteiger partial charge on any atom is -0.392 e. The summed E-state index contributed by atoms with van der Waals surface area (Å²) in [5.41, 5.74) is 0. The fraction of sp³-hybridized carbons (Fsp3) is 0.778. The largest absolute Gasteiger partial charge is 0.392 e. The van der Waals surface area contributed by atoms with E-state index >= 15 is 0 Å². The Morgan fingerprint density at radius 3 is 2.64 bits per heavy atom. The summed E-state index contributed by atoms with van der Waals surface area (Å²) in [4.78, 5) is 0. The van der Waals surface area contributed by atoms with Crippen molar-refractivity contribution in [2.24, 2.45) is 0 Å². The van der Waals surface area contributed by atoms with Gasteiger partial charge in [0.15, 0.2) is 0 Å². The van der Waals surface area contributed by atoms with Crippen LogP contribution in [0.25, 0.3) is 0 Å². The number of rotatable bonds is 5. The zero-order valence-corrected chi connectivity index (χ0v) is 7.21. The molecule has 0 amide bonds. The summed E-state index contributed by atoms with van der Waals surface area (Å²) in [6, 6.07) is 0. The molecule has 2 unspecified atom stereocenters. The number of aliphatic hydroxyl groups is 1. The highest BCUT2D eigenvalue weighted by Gasteiger charge is 2.05. The smallest absolute Gasteiger partial charge is 0.0650 e. The first-order chi connectivity index (χ1) is 5.20. The Morgan fingerprint density at radius 2 is 2.18 bits per heavy atom. The van der Waals surface area contributed by atoms with Crippen molar-refractivity contribution in [2.75, 3.05) is 7.11 Å². The number of terminal acetylenes is 1. The second-order valence-corrected chi connectivity index (χ2v) is 2.69. The topological polar surface area (TPSA) is 29.5 Å². The Kier molecular flexibility index (Phi) is 5.91. The minimum atomic E-state index is -0.363. The van der Waals surface area contributed by atoms with Crippen LogP contribution in [0.4, 0.5) is 0 Å². The normalized spacial score (nSPS) is 15.5. The van der Waals surface area contributed by atoms with E-state index in [0.717, 1.165) is 12.8 Å². The van der Waals surface area contributed by atoms with Crippen molar-refractivity contribution < 1.29 is 9.84 Å². The molecule has 0 aliphatic rings. The van der Waals surface area contributed by atoms with E-state index in [0.29, 0.717) is 6.42 Å². The van der Waals surface area contributed by atoms with Gasteiger partial charge in [-0.2, -0.15) is 0 Å². The van der Waals surface area contributed by atoms with Crippen LogP contribution in [0.15, 0.2) is 0 Å². The lowest BCUT2D eigenvalue weighted by Gasteiger charge is -2.11. The van der Waals surface area contributed by atoms with E-state index in [1.54, 1.807) is 7.11 Å². The van der Waals surface area contributed by atoms with Crippen LogP contribution in [0, 0.1) is 12.3 Å². The summed E-state index contributed by atoms with van der Waals surface area (Å²) in [7, 11) is 1.66. The third-order valence-electron chi connectivity index (χ3n) is 1.66. The molecule has 0 spiro atoms. The van der Waals surface area contributed by atoms with Gasteiger partial charge in [0, 0.05) is 13.5 Å². The molecule has 0 heterocycles. The first kappa shape index (κ1) is 10.5. The average Bonchev–Trinajstić information content (AvgIpc) is 2.01. The quantitative estimate of drug-likeness (QED) is 0.606. The van der Waals surface area contributed by atoms with Gasteiger partial charge in [-0.3, -0.25) is 0 Å². The number of ether oxygens (including phenoxy) is 1. The summed E-state index contributed by atoms with van der Waals surface area (Å²) in [6.07, 6.45) is 6.90. The van der Waals surface area contributed by atoms with E-state index in [1.807, 2.05) is 6.92 Å². The number of hydrogen-bond donors (Lipinski definition) is 1. The summed E-state index contributed by atoms with van der Waals surface area (Å²) < 4.78 is 5.02. The number of aliphatic hydroxyl groups excluding tert-OH is 1. The molecule has 0 aliphatic heterocycles. The van der Waals surface area contributed by atoms with Gasteiger partial charge in [0.05, 0.1) is 12.2 Å². The molecule has 2 atom stereocenters. The highest BCUT2D eigenvalue weighted by molar-refractivity contribution is 4.86. The molecule has 0 aromatic carbocycles. The first-order valence-electron chi connectivity index (χ1n) is 3.85. The maximum Gasteiger partial charge on any atom is 0.0650 e. The molecule has 0 bridgehead atoms. The Balaban J connectivity index is 3.31. The van der Waals surface area contributed by atoms with E-state index in [2.05, 4.69) is 5.92 Å². The Hall–Kier alpha value is -0.520. The van der Waals surface area contributed by atoms with Gasteiger partial charge in [-0.15, -0.1) is 12.3 Å². The standard InChI is InChI=1S/C9H16O2/c1-4-5-9(10)7-6-8(2)11-3/h1,8-10H,5-7H2,2-3H3. The second kappa shape index (κ2) is 6.21. The molecule has 0 saturated heterocycles. The molecule has 0 aromatic rings. The molecule has 0 saturated carbocycles. The van der Waals surface area contributed by atoms with E-state index in [9.17, 15) is 5.11 Å². The molecule has 64 valence electrons. The van der Waals surface area contributed by atoms with Crippen molar-refractivity contribution in [2.45, 2.75) is 38.4 Å². The lowest BCUT2D eigenvalue weighted by molar-refractivity contribution is 0.0864. The van der Waals surface area contributed by atoms with Gasteiger partial charge in [-0.05, 0) is 19.8 Å². The zero-order valence-electron chi connectivity index (χ0n) is 7.21. The van der Waals surface area contributed by atoms with Crippen molar-refractivity contribution in [3.05, 3.63) is 0 Å². The molecule has 2 heteroatoms. The van der Waals surface area contributed by atoms with Crippen molar-refractivity contribution >= 4 is 0 Å². The van der Waals surface area contributed by atoms with Crippen LogP contribution in [0.1, 0.15) is 26.2 Å². The molecule has 11 heavy (non-hydrogen) atoms. The summed E-state index contributed by atoms with van der Waals surface area (Å²) in [5, 5.41) is 9.20. The van der Waals surface area contributed by atoms with Crippen LogP contribution in [0.2, 0.25) is 0 Å². The van der Waals surface area contributed by atoms with Crippen molar-refractivity contribution in [1.29, 1.82) is 0 Å². The summed E-state index contributed by atoms with van der Waals surface area (Å²) >= 11 is 0. The maximum atomic E-state index is 9.20. The zero-order chi connectivity index (χ0) is 8.69. The molecule has 0 radical (unpaired) electrons. The SMILES string of the molecule is C#CCC(O)CCC(C)OC. The highest BCUT2D eigenvalue weighted by Crippen LogP contribution is 2.05. The Bertz CT molecular complexity index is 126. The third kappa shape index (κ3) is 5.90. The van der Waals surface area contributed by atoms with Crippen LogP contribution in [-0.2, 0) is 4.74 Å². The fourth-order valence-corrected chi connectivity index (χ4v) is 0.783. The second-order valence-electron chi connectivity index (χ2n) is 2.69. The third-order valence-corrected chi connectivity index (χ3v) is 1.66. The van der Waals surface area contributed by atoms with Crippen LogP contribution < -0.4 is 0 Å². The summed E-state index contributed by atoms with van der Waals surface area (Å²) in [5.74, 6) is 2.42. The van der Waals surface area contributed by atoms with Gasteiger partial charge in [0.1, 0.15) is 0 Å². The Labute approximate surface area is 68.6 Å². The lowest BCUT2D eigenvalue weighted by Crippen LogP contribution is -2.11. The molecule has 0 aliphatic carbocycles. The van der Waals surface area contributed by atoms with Gasteiger partial charge in [0.2, 0.25) is 0 Å². The fourth-order valence-electron chi connectivity index (χ4n) is 0.783. The molecule has 0 rings (SSSR count). The van der Waals surface area contributed by atoms with Gasteiger partial charge >= 0.3 is 0 Å². The molecule has 1 N–H and O–H groups in total. The maximum absolute atomic E-state index is 9.20. The first-order valence-corrected chi connectivity index (χ1v) is 3.85. The van der Waals surface area contributed by atoms with Crippen LogP contribution >= 0.6 is 0 Å². The lowest BCUT2D eigenvalue weighted by atomic mass is 10.1. The van der Waals surface area contributed by atoms with Crippen molar-refractivity contribution in [3.8, 4) is 12.3 Å². The average molecular weight is 156 g/mol. The van der Waals surface area contributed by atoms with E-state index in [-0.39, 0.29) is 12.2 Å². The Morgan fingerprint density at radius 1 is 1.55 bits per heavy atom. The predicted molar refractivity (Wildman–Crippen MR) is 45.2 cm³/mol. The van der Waals surface area contributed by atoms with Crippen LogP contribution in [0.3, 0.4) is 0 Å². The van der Waals surface area contributed by atoms with E-state index < -0.39 is 0 Å². The molecular formula is C9H16O2. The van der Waals surface area contributed by atoms with Crippen LogP contribution in [0.5, 0.6) is 0 Å². The van der Waals surface area contributed by atoms with Gasteiger partial charge < -0.3 is 9.84 Å². The molecule has 0 fully saturated rings. The number of methoxy groups -OCH3 is 1. The van der Waals surface area contributed by atoms with Crippen molar-refractivity contribution in [1.82, 2.24) is 0 Å². The van der Waals surface area contributed by atoms with E-state index in [4.69, 9.17) is 11.2 Å². The molecule has 0 aromatic heterocycles.